The van der Waals surface area contributed by atoms with Crippen molar-refractivity contribution in [1.29, 1.82) is 0 Å². The molecule has 36 heavy (non-hydrogen) atoms. The van der Waals surface area contributed by atoms with Crippen LogP contribution in [0.2, 0.25) is 0 Å². The molecule has 1 aliphatic rings. The fraction of sp³-hybridized carbons (Fsp3) is 0.300. The second kappa shape index (κ2) is 9.17. The van der Waals surface area contributed by atoms with Crippen LogP contribution in [0, 0.1) is 13.8 Å². The SMILES string of the molecule is COC(=O)c1ccc2cc(-c3ccc4nc(-c5sc(C)nc5C)ccc4c3)n(C3CCCCC3)c2c1. The minimum Gasteiger partial charge on any atom is -0.465 e. The van der Waals surface area contributed by atoms with Crippen LogP contribution in [0.15, 0.2) is 54.6 Å². The van der Waals surface area contributed by atoms with Gasteiger partial charge in [0.1, 0.15) is 0 Å². The Morgan fingerprint density at radius 1 is 0.944 bits per heavy atom. The first-order valence-electron chi connectivity index (χ1n) is 12.6. The summed E-state index contributed by atoms with van der Waals surface area (Å²) in [6.07, 6.45) is 6.08. The summed E-state index contributed by atoms with van der Waals surface area (Å²) in [6.45, 7) is 4.08. The Labute approximate surface area is 214 Å². The van der Waals surface area contributed by atoms with E-state index in [0.717, 1.165) is 55.9 Å². The van der Waals surface area contributed by atoms with E-state index in [4.69, 9.17) is 9.72 Å². The van der Waals surface area contributed by atoms with Crippen LogP contribution in [0.1, 0.15) is 59.2 Å². The maximum atomic E-state index is 12.3. The normalized spacial score (nSPS) is 14.5. The van der Waals surface area contributed by atoms with E-state index in [1.807, 2.05) is 32.0 Å². The number of aryl methyl sites for hydroxylation is 2. The van der Waals surface area contributed by atoms with Crippen LogP contribution >= 0.6 is 11.3 Å². The first kappa shape index (κ1) is 22.9. The summed E-state index contributed by atoms with van der Waals surface area (Å²) in [7, 11) is 1.43. The van der Waals surface area contributed by atoms with E-state index in [-0.39, 0.29) is 5.97 Å². The van der Waals surface area contributed by atoms with E-state index >= 15 is 0 Å². The Bertz CT molecular complexity index is 1610. The van der Waals surface area contributed by atoms with Gasteiger partial charge in [0, 0.05) is 28.0 Å². The second-order valence-corrected chi connectivity index (χ2v) is 10.9. The van der Waals surface area contributed by atoms with Crippen molar-refractivity contribution in [2.75, 3.05) is 7.11 Å². The lowest BCUT2D eigenvalue weighted by atomic mass is 9.94. The molecule has 0 aliphatic heterocycles. The number of carbonyl (C=O) groups is 1. The molecule has 3 aromatic heterocycles. The Morgan fingerprint density at radius 2 is 1.75 bits per heavy atom. The highest BCUT2D eigenvalue weighted by atomic mass is 32.1. The van der Waals surface area contributed by atoms with Crippen molar-refractivity contribution in [3.05, 3.63) is 70.9 Å². The molecule has 3 heterocycles. The number of rotatable bonds is 4. The molecule has 1 fully saturated rings. The number of esters is 1. The van der Waals surface area contributed by atoms with Gasteiger partial charge in [-0.3, -0.25) is 0 Å². The maximum Gasteiger partial charge on any atom is 0.337 e. The molecule has 5 nitrogen and oxygen atoms in total. The van der Waals surface area contributed by atoms with Gasteiger partial charge in [-0.1, -0.05) is 37.5 Å². The zero-order valence-electron chi connectivity index (χ0n) is 20.9. The summed E-state index contributed by atoms with van der Waals surface area (Å²) in [5.74, 6) is -0.297. The average Bonchev–Trinajstić information content (AvgIpc) is 3.46. The van der Waals surface area contributed by atoms with Gasteiger partial charge in [-0.05, 0) is 68.7 Å². The molecule has 6 rings (SSSR count). The van der Waals surface area contributed by atoms with Gasteiger partial charge in [-0.25, -0.2) is 14.8 Å². The lowest BCUT2D eigenvalue weighted by Crippen LogP contribution is -2.14. The fourth-order valence-electron chi connectivity index (χ4n) is 5.60. The maximum absolute atomic E-state index is 12.3. The highest BCUT2D eigenvalue weighted by Crippen LogP contribution is 2.39. The first-order chi connectivity index (χ1) is 17.5. The van der Waals surface area contributed by atoms with Gasteiger partial charge in [-0.2, -0.15) is 0 Å². The van der Waals surface area contributed by atoms with Gasteiger partial charge in [0.25, 0.3) is 0 Å². The summed E-state index contributed by atoms with van der Waals surface area (Å²) in [4.78, 5) is 22.9. The molecular weight excluding hydrogens is 466 g/mol. The van der Waals surface area contributed by atoms with E-state index in [0.29, 0.717) is 11.6 Å². The van der Waals surface area contributed by atoms with Crippen LogP contribution in [0.3, 0.4) is 0 Å². The van der Waals surface area contributed by atoms with Crippen molar-refractivity contribution in [2.24, 2.45) is 0 Å². The monoisotopic (exact) mass is 495 g/mol. The van der Waals surface area contributed by atoms with Gasteiger partial charge in [-0.15, -0.1) is 11.3 Å². The van der Waals surface area contributed by atoms with Crippen molar-refractivity contribution in [3.63, 3.8) is 0 Å². The third kappa shape index (κ3) is 3.99. The molecule has 5 aromatic rings. The quantitative estimate of drug-likeness (QED) is 0.238. The third-order valence-corrected chi connectivity index (χ3v) is 8.42. The van der Waals surface area contributed by atoms with Crippen LogP contribution < -0.4 is 0 Å². The molecule has 0 N–H and O–H groups in total. The van der Waals surface area contributed by atoms with Crippen molar-refractivity contribution in [2.45, 2.75) is 52.0 Å². The highest BCUT2D eigenvalue weighted by Gasteiger charge is 2.22. The van der Waals surface area contributed by atoms with Gasteiger partial charge in [0.05, 0.1) is 39.5 Å². The van der Waals surface area contributed by atoms with E-state index in [9.17, 15) is 4.79 Å². The number of hydrogen-bond acceptors (Lipinski definition) is 5. The zero-order valence-corrected chi connectivity index (χ0v) is 21.7. The van der Waals surface area contributed by atoms with E-state index in [1.54, 1.807) is 11.3 Å². The van der Waals surface area contributed by atoms with Crippen LogP contribution in [0.25, 0.3) is 43.6 Å². The number of aromatic nitrogens is 3. The van der Waals surface area contributed by atoms with Crippen LogP contribution in [0.5, 0.6) is 0 Å². The number of methoxy groups -OCH3 is 1. The van der Waals surface area contributed by atoms with Crippen LogP contribution in [-0.4, -0.2) is 27.6 Å². The first-order valence-corrected chi connectivity index (χ1v) is 13.4. The average molecular weight is 496 g/mol. The number of benzene rings is 2. The number of thiazole rings is 1. The molecule has 1 saturated carbocycles. The van der Waals surface area contributed by atoms with Crippen molar-refractivity contribution >= 4 is 39.1 Å². The molecule has 0 atom stereocenters. The van der Waals surface area contributed by atoms with Gasteiger partial charge in [0.15, 0.2) is 0 Å². The number of carbonyl (C=O) groups excluding carboxylic acids is 1. The Morgan fingerprint density at radius 3 is 2.50 bits per heavy atom. The predicted octanol–water partition coefficient (Wildman–Crippen LogP) is 7.89. The topological polar surface area (TPSA) is 57.0 Å². The number of pyridine rings is 1. The molecule has 0 amide bonds. The molecular formula is C30H29N3O2S. The summed E-state index contributed by atoms with van der Waals surface area (Å²) < 4.78 is 7.47. The van der Waals surface area contributed by atoms with Gasteiger partial charge < -0.3 is 9.30 Å². The Hall–Kier alpha value is -3.51. The Balaban J connectivity index is 1.48. The molecule has 6 heteroatoms. The number of hydrogen-bond donors (Lipinski definition) is 0. The molecule has 0 unspecified atom stereocenters. The lowest BCUT2D eigenvalue weighted by Gasteiger charge is -2.27. The third-order valence-electron chi connectivity index (χ3n) is 7.32. The Kier molecular flexibility index (Phi) is 5.84. The van der Waals surface area contributed by atoms with E-state index in [1.165, 1.54) is 37.6 Å². The minimum absolute atomic E-state index is 0.297. The summed E-state index contributed by atoms with van der Waals surface area (Å²) in [5.41, 5.74) is 7.05. The second-order valence-electron chi connectivity index (χ2n) is 9.71. The van der Waals surface area contributed by atoms with Crippen molar-refractivity contribution in [3.8, 4) is 21.8 Å². The summed E-state index contributed by atoms with van der Waals surface area (Å²) >= 11 is 1.69. The minimum atomic E-state index is -0.297. The van der Waals surface area contributed by atoms with E-state index < -0.39 is 0 Å². The van der Waals surface area contributed by atoms with E-state index in [2.05, 4.69) is 45.9 Å². The number of ether oxygens (including phenoxy) is 1. The molecule has 2 aromatic carbocycles. The molecule has 0 saturated heterocycles. The predicted molar refractivity (Wildman–Crippen MR) is 147 cm³/mol. The van der Waals surface area contributed by atoms with Crippen molar-refractivity contribution < 1.29 is 9.53 Å². The number of fused-ring (bicyclic) bond motifs is 2. The molecule has 182 valence electrons. The zero-order chi connectivity index (χ0) is 24.8. The van der Waals surface area contributed by atoms with Crippen LogP contribution in [-0.2, 0) is 4.74 Å². The highest BCUT2D eigenvalue weighted by molar-refractivity contribution is 7.15. The van der Waals surface area contributed by atoms with Gasteiger partial charge in [0.2, 0.25) is 0 Å². The van der Waals surface area contributed by atoms with Crippen molar-refractivity contribution in [1.82, 2.24) is 14.5 Å². The largest absolute Gasteiger partial charge is 0.465 e. The number of nitrogens with zero attached hydrogens (tertiary/aromatic N) is 3. The summed E-state index contributed by atoms with van der Waals surface area (Å²) in [6, 6.07) is 19.4. The molecule has 0 spiro atoms. The van der Waals surface area contributed by atoms with Crippen LogP contribution in [0.4, 0.5) is 0 Å². The molecule has 0 radical (unpaired) electrons. The molecule has 1 aliphatic carbocycles. The lowest BCUT2D eigenvalue weighted by molar-refractivity contribution is 0.0601. The molecule has 0 bridgehead atoms. The standard InChI is InChI=1S/C30H29N3O2S/c1-18-29(36-19(2)31-18)26-14-11-20-15-21(12-13-25(20)32-26)27-16-22-9-10-23(30(34)35-3)17-28(22)33(27)24-7-5-4-6-8-24/h9-17,24H,4-8H2,1-3H3. The fourth-order valence-corrected chi connectivity index (χ4v) is 6.49. The van der Waals surface area contributed by atoms with Gasteiger partial charge >= 0.3 is 5.97 Å². The smallest absolute Gasteiger partial charge is 0.337 e. The summed E-state index contributed by atoms with van der Waals surface area (Å²) in [5, 5.41) is 3.32.